The van der Waals surface area contributed by atoms with Crippen molar-refractivity contribution in [3.8, 4) is 34.5 Å². The first-order chi connectivity index (χ1) is 17.5. The van der Waals surface area contributed by atoms with E-state index in [9.17, 15) is 9.18 Å². The molecule has 0 unspecified atom stereocenters. The van der Waals surface area contributed by atoms with E-state index in [1.165, 1.54) is 12.3 Å². The van der Waals surface area contributed by atoms with Crippen molar-refractivity contribution >= 4 is 5.97 Å². The molecule has 6 rings (SSSR count). The highest BCUT2D eigenvalue weighted by atomic mass is 19.1. The SMILES string of the molecule is O=C(O)C[C@@H]1COc2cc(O[C@@H]3CCc4c(Oc5ccc(-c6ncco6)cc5)ccc(F)c43)ccc21. The summed E-state index contributed by atoms with van der Waals surface area (Å²) in [5, 5.41) is 9.10. The molecule has 0 saturated heterocycles. The van der Waals surface area contributed by atoms with Crippen molar-refractivity contribution in [1.29, 1.82) is 0 Å². The Kier molecular flexibility index (Phi) is 5.56. The summed E-state index contributed by atoms with van der Waals surface area (Å²) in [6.07, 6.45) is 3.88. The number of oxazole rings is 1. The number of rotatable bonds is 7. The van der Waals surface area contributed by atoms with E-state index in [2.05, 4.69) is 4.98 Å². The molecule has 2 atom stereocenters. The van der Waals surface area contributed by atoms with Crippen molar-refractivity contribution in [3.63, 3.8) is 0 Å². The van der Waals surface area contributed by atoms with Gasteiger partial charge < -0.3 is 23.7 Å². The van der Waals surface area contributed by atoms with Crippen LogP contribution in [0.3, 0.4) is 0 Å². The fraction of sp³-hybridized carbons (Fsp3) is 0.214. The predicted molar refractivity (Wildman–Crippen MR) is 127 cm³/mol. The first kappa shape index (κ1) is 22.2. The van der Waals surface area contributed by atoms with Gasteiger partial charge in [-0.25, -0.2) is 9.37 Å². The molecule has 0 amide bonds. The number of benzene rings is 3. The van der Waals surface area contributed by atoms with Crippen LogP contribution in [0.5, 0.6) is 23.0 Å². The molecule has 36 heavy (non-hydrogen) atoms. The molecule has 1 aliphatic carbocycles. The van der Waals surface area contributed by atoms with E-state index in [1.807, 2.05) is 30.3 Å². The molecule has 1 aliphatic heterocycles. The molecule has 1 aromatic heterocycles. The first-order valence-electron chi connectivity index (χ1n) is 11.7. The van der Waals surface area contributed by atoms with Crippen molar-refractivity contribution < 1.29 is 32.9 Å². The molecule has 182 valence electrons. The minimum absolute atomic E-state index is 0.0135. The summed E-state index contributed by atoms with van der Waals surface area (Å²) in [5.41, 5.74) is 2.97. The van der Waals surface area contributed by atoms with Crippen LogP contribution in [0.25, 0.3) is 11.5 Å². The lowest BCUT2D eigenvalue weighted by atomic mass is 9.98. The van der Waals surface area contributed by atoms with Crippen LogP contribution in [-0.4, -0.2) is 22.7 Å². The third-order valence-electron chi connectivity index (χ3n) is 6.57. The number of nitrogens with zero attached hydrogens (tertiary/aromatic N) is 1. The van der Waals surface area contributed by atoms with E-state index in [0.717, 1.165) is 16.7 Å². The lowest BCUT2D eigenvalue weighted by Gasteiger charge is -2.17. The van der Waals surface area contributed by atoms with Gasteiger partial charge in [-0.05, 0) is 55.3 Å². The first-order valence-corrected chi connectivity index (χ1v) is 11.7. The van der Waals surface area contributed by atoms with E-state index in [4.69, 9.17) is 23.7 Å². The van der Waals surface area contributed by atoms with Gasteiger partial charge in [-0.3, -0.25) is 4.79 Å². The van der Waals surface area contributed by atoms with Gasteiger partial charge in [0.2, 0.25) is 5.89 Å². The van der Waals surface area contributed by atoms with Gasteiger partial charge in [0.25, 0.3) is 0 Å². The van der Waals surface area contributed by atoms with Gasteiger partial charge in [0.05, 0.1) is 19.2 Å². The fourth-order valence-electron chi connectivity index (χ4n) is 4.89. The number of aliphatic carboxylic acids is 1. The van der Waals surface area contributed by atoms with Crippen LogP contribution in [0.15, 0.2) is 71.5 Å². The van der Waals surface area contributed by atoms with Gasteiger partial charge in [-0.15, -0.1) is 0 Å². The quantitative estimate of drug-likeness (QED) is 0.328. The van der Waals surface area contributed by atoms with Gasteiger partial charge in [0.1, 0.15) is 41.2 Å². The number of hydrogen-bond donors (Lipinski definition) is 1. The molecule has 0 bridgehead atoms. The van der Waals surface area contributed by atoms with Crippen molar-refractivity contribution in [1.82, 2.24) is 4.98 Å². The Morgan fingerprint density at radius 3 is 2.72 bits per heavy atom. The molecule has 0 fully saturated rings. The summed E-state index contributed by atoms with van der Waals surface area (Å²) < 4.78 is 38.2. The predicted octanol–water partition coefficient (Wildman–Crippen LogP) is 6.29. The monoisotopic (exact) mass is 487 g/mol. The number of ether oxygens (including phenoxy) is 3. The van der Waals surface area contributed by atoms with Crippen molar-refractivity contribution in [2.75, 3.05) is 6.61 Å². The molecule has 3 aromatic carbocycles. The summed E-state index contributed by atoms with van der Waals surface area (Å²) in [5.74, 6) is 1.53. The van der Waals surface area contributed by atoms with Gasteiger partial charge in [0, 0.05) is 34.2 Å². The maximum Gasteiger partial charge on any atom is 0.304 e. The van der Waals surface area contributed by atoms with E-state index in [0.29, 0.717) is 53.9 Å². The number of carbonyl (C=O) groups is 1. The Morgan fingerprint density at radius 1 is 1.11 bits per heavy atom. The standard InChI is InChI=1S/C28H22FNO6/c29-22-8-10-23(35-18-3-1-16(2-4-18)28-30-11-12-33-28)21-7-9-24(27(21)22)36-19-5-6-20-17(13-26(31)32)15-34-25(20)14-19/h1-6,8,10-12,14,17,24H,7,9,13,15H2,(H,31,32)/t17-,24-/m1/s1. The van der Waals surface area contributed by atoms with Gasteiger partial charge >= 0.3 is 5.97 Å². The Bertz CT molecular complexity index is 1420. The molecular weight excluding hydrogens is 465 g/mol. The van der Waals surface area contributed by atoms with E-state index in [-0.39, 0.29) is 18.2 Å². The number of fused-ring (bicyclic) bond motifs is 2. The van der Waals surface area contributed by atoms with E-state index < -0.39 is 12.1 Å². The number of halogens is 1. The van der Waals surface area contributed by atoms with Crippen molar-refractivity contribution in [2.45, 2.75) is 31.3 Å². The van der Waals surface area contributed by atoms with Crippen LogP contribution < -0.4 is 14.2 Å². The van der Waals surface area contributed by atoms with Crippen molar-refractivity contribution in [2.24, 2.45) is 0 Å². The molecule has 0 saturated carbocycles. The Labute approximate surface area is 206 Å². The van der Waals surface area contributed by atoms with E-state index >= 15 is 0 Å². The number of aromatic nitrogens is 1. The minimum Gasteiger partial charge on any atom is -0.492 e. The average Bonchev–Trinajstić information content (AvgIpc) is 3.63. The van der Waals surface area contributed by atoms with Crippen molar-refractivity contribution in [3.05, 3.63) is 89.6 Å². The lowest BCUT2D eigenvalue weighted by Crippen LogP contribution is -2.07. The molecule has 0 spiro atoms. The zero-order chi connectivity index (χ0) is 24.6. The summed E-state index contributed by atoms with van der Waals surface area (Å²) in [4.78, 5) is 15.2. The largest absolute Gasteiger partial charge is 0.492 e. The van der Waals surface area contributed by atoms with Gasteiger partial charge in [-0.2, -0.15) is 0 Å². The number of hydrogen-bond acceptors (Lipinski definition) is 6. The van der Waals surface area contributed by atoms with Crippen LogP contribution in [0.4, 0.5) is 4.39 Å². The third-order valence-corrected chi connectivity index (χ3v) is 6.57. The highest BCUT2D eigenvalue weighted by molar-refractivity contribution is 5.69. The molecule has 1 N–H and O–H groups in total. The number of carboxylic acids is 1. The number of carboxylic acid groups (broad SMARTS) is 1. The molecule has 7 nitrogen and oxygen atoms in total. The van der Waals surface area contributed by atoms with Crippen LogP contribution >= 0.6 is 0 Å². The van der Waals surface area contributed by atoms with Crippen LogP contribution in [-0.2, 0) is 11.2 Å². The summed E-state index contributed by atoms with van der Waals surface area (Å²) in [7, 11) is 0. The van der Waals surface area contributed by atoms with Crippen LogP contribution in [0, 0.1) is 5.82 Å². The topological polar surface area (TPSA) is 91.0 Å². The minimum atomic E-state index is -0.863. The molecule has 4 aromatic rings. The Balaban J connectivity index is 1.20. The average molecular weight is 487 g/mol. The second kappa shape index (κ2) is 9.03. The molecular formula is C28H22FNO6. The highest BCUT2D eigenvalue weighted by Gasteiger charge is 2.32. The van der Waals surface area contributed by atoms with Crippen LogP contribution in [0.1, 0.15) is 41.6 Å². The van der Waals surface area contributed by atoms with Gasteiger partial charge in [-0.1, -0.05) is 6.07 Å². The van der Waals surface area contributed by atoms with Gasteiger partial charge in [0.15, 0.2) is 0 Å². The third kappa shape index (κ3) is 4.15. The maximum absolute atomic E-state index is 14.9. The second-order valence-electron chi connectivity index (χ2n) is 8.85. The van der Waals surface area contributed by atoms with E-state index in [1.54, 1.807) is 24.4 Å². The zero-order valence-corrected chi connectivity index (χ0v) is 19.1. The zero-order valence-electron chi connectivity index (χ0n) is 19.1. The van der Waals surface area contributed by atoms with Crippen LogP contribution in [0.2, 0.25) is 0 Å². The Hall–Kier alpha value is -4.33. The summed E-state index contributed by atoms with van der Waals surface area (Å²) >= 11 is 0. The Morgan fingerprint density at radius 2 is 1.94 bits per heavy atom. The maximum atomic E-state index is 14.9. The fourth-order valence-corrected chi connectivity index (χ4v) is 4.89. The molecule has 2 aliphatic rings. The molecule has 8 heteroatoms. The molecule has 0 radical (unpaired) electrons. The second-order valence-corrected chi connectivity index (χ2v) is 8.85. The summed E-state index contributed by atoms with van der Waals surface area (Å²) in [6.45, 7) is 0.325. The highest BCUT2D eigenvalue weighted by Crippen LogP contribution is 2.44. The summed E-state index contributed by atoms with van der Waals surface area (Å²) in [6, 6.07) is 15.8. The smallest absolute Gasteiger partial charge is 0.304 e. The normalized spacial score (nSPS) is 17.8. The molecule has 2 heterocycles. The lowest BCUT2D eigenvalue weighted by molar-refractivity contribution is -0.137.